The number of ether oxygens (including phenoxy) is 2. The van der Waals surface area contributed by atoms with Crippen molar-refractivity contribution in [2.75, 3.05) is 14.2 Å². The molecule has 142 valence electrons. The molecule has 2 aromatic rings. The number of methoxy groups -OCH3 is 2. The number of aromatic nitrogens is 1. The van der Waals surface area contributed by atoms with Crippen molar-refractivity contribution in [2.45, 2.75) is 38.1 Å². The van der Waals surface area contributed by atoms with Crippen LogP contribution in [0.5, 0.6) is 11.6 Å². The molecule has 0 saturated heterocycles. The summed E-state index contributed by atoms with van der Waals surface area (Å²) in [5.41, 5.74) is 0.705. The van der Waals surface area contributed by atoms with Crippen LogP contribution in [0.3, 0.4) is 0 Å². The molecule has 1 aliphatic rings. The molecule has 0 unspecified atom stereocenters. The number of carbonyl (C=O) groups is 2. The second-order valence-electron chi connectivity index (χ2n) is 6.77. The van der Waals surface area contributed by atoms with Gasteiger partial charge in [0.05, 0.1) is 19.8 Å². The Morgan fingerprint density at radius 2 is 1.74 bits per heavy atom. The Morgan fingerprint density at radius 1 is 1.04 bits per heavy atom. The molecule has 27 heavy (non-hydrogen) atoms. The van der Waals surface area contributed by atoms with Gasteiger partial charge in [-0.1, -0.05) is 18.9 Å². The van der Waals surface area contributed by atoms with Gasteiger partial charge in [-0.3, -0.25) is 9.59 Å². The summed E-state index contributed by atoms with van der Waals surface area (Å²) >= 11 is 0. The maximum Gasteiger partial charge on any atom is 0.252 e. The number of amides is 1. The smallest absolute Gasteiger partial charge is 0.252 e. The van der Waals surface area contributed by atoms with E-state index in [0.717, 1.165) is 18.4 Å². The first-order chi connectivity index (χ1) is 13.0. The molecule has 1 aliphatic carbocycles. The molecule has 0 radical (unpaired) electrons. The van der Waals surface area contributed by atoms with E-state index in [1.54, 1.807) is 37.6 Å². The van der Waals surface area contributed by atoms with Crippen molar-refractivity contribution in [2.24, 2.45) is 0 Å². The summed E-state index contributed by atoms with van der Waals surface area (Å²) in [4.78, 5) is 30.5. The third-order valence-electron chi connectivity index (χ3n) is 5.20. The number of rotatable bonds is 6. The zero-order chi connectivity index (χ0) is 19.4. The number of nitrogens with one attached hydrogen (secondary N) is 1. The lowest BCUT2D eigenvalue weighted by molar-refractivity contribution is 0.0766. The minimum atomic E-state index is -0.942. The molecule has 1 N–H and O–H groups in total. The Hall–Kier alpha value is -2.89. The van der Waals surface area contributed by atoms with Crippen LogP contribution in [0.4, 0.5) is 0 Å². The van der Waals surface area contributed by atoms with E-state index >= 15 is 0 Å². The highest BCUT2D eigenvalue weighted by Gasteiger charge is 2.44. The zero-order valence-corrected chi connectivity index (χ0v) is 15.9. The molecule has 0 bridgehead atoms. The summed E-state index contributed by atoms with van der Waals surface area (Å²) in [5, 5.41) is 3.02. The monoisotopic (exact) mass is 368 g/mol. The first kappa shape index (κ1) is 18.9. The summed E-state index contributed by atoms with van der Waals surface area (Å²) in [6.45, 7) is 1.83. The molecule has 1 fully saturated rings. The third kappa shape index (κ3) is 3.52. The summed E-state index contributed by atoms with van der Waals surface area (Å²) in [5.74, 6) is 0.493. The molecular formula is C21H24N2O4. The number of carbonyl (C=O) groups excluding carboxylic acids is 2. The average Bonchev–Trinajstić information content (AvgIpc) is 3.17. The fourth-order valence-corrected chi connectivity index (χ4v) is 3.74. The molecule has 6 nitrogen and oxygen atoms in total. The number of Topliss-reactive ketones (excluding diaryl/α,β-unsaturated/α-hetero) is 1. The van der Waals surface area contributed by atoms with E-state index in [1.807, 2.05) is 13.0 Å². The first-order valence-electron chi connectivity index (χ1n) is 9.02. The lowest BCUT2D eigenvalue weighted by Gasteiger charge is -2.29. The Kier molecular flexibility index (Phi) is 5.44. The van der Waals surface area contributed by atoms with Gasteiger partial charge < -0.3 is 14.8 Å². The van der Waals surface area contributed by atoms with Gasteiger partial charge in [-0.2, -0.15) is 0 Å². The number of benzene rings is 1. The van der Waals surface area contributed by atoms with Crippen molar-refractivity contribution >= 4 is 11.7 Å². The SMILES string of the molecule is COc1cccc(C(=O)NC2(C(=O)c3cccnc3OC)CCCC2)c1C. The van der Waals surface area contributed by atoms with Gasteiger partial charge >= 0.3 is 0 Å². The van der Waals surface area contributed by atoms with Gasteiger partial charge in [0.2, 0.25) is 5.88 Å². The molecule has 1 saturated carbocycles. The van der Waals surface area contributed by atoms with E-state index in [1.165, 1.54) is 7.11 Å². The number of nitrogens with zero attached hydrogens (tertiary/aromatic N) is 1. The fraction of sp³-hybridized carbons (Fsp3) is 0.381. The molecule has 0 spiro atoms. The molecule has 3 rings (SSSR count). The summed E-state index contributed by atoms with van der Waals surface area (Å²) < 4.78 is 10.6. The van der Waals surface area contributed by atoms with Crippen LogP contribution in [0, 0.1) is 6.92 Å². The van der Waals surface area contributed by atoms with Gasteiger partial charge in [0.25, 0.3) is 5.91 Å². The van der Waals surface area contributed by atoms with E-state index in [-0.39, 0.29) is 17.6 Å². The van der Waals surface area contributed by atoms with Crippen LogP contribution in [0.15, 0.2) is 36.5 Å². The molecule has 1 aromatic carbocycles. The Labute approximate surface area is 158 Å². The Balaban J connectivity index is 1.94. The number of hydrogen-bond acceptors (Lipinski definition) is 5. The highest BCUT2D eigenvalue weighted by molar-refractivity contribution is 6.08. The van der Waals surface area contributed by atoms with Gasteiger partial charge in [0.1, 0.15) is 11.3 Å². The maximum absolute atomic E-state index is 13.4. The quantitative estimate of drug-likeness (QED) is 0.792. The normalized spacial score (nSPS) is 15.2. The molecule has 0 atom stereocenters. The minimum Gasteiger partial charge on any atom is -0.496 e. The largest absolute Gasteiger partial charge is 0.496 e. The van der Waals surface area contributed by atoms with Crippen molar-refractivity contribution in [3.05, 3.63) is 53.2 Å². The molecule has 6 heteroatoms. The number of pyridine rings is 1. The van der Waals surface area contributed by atoms with Crippen LogP contribution in [-0.4, -0.2) is 36.4 Å². The van der Waals surface area contributed by atoms with E-state index in [2.05, 4.69) is 10.3 Å². The zero-order valence-electron chi connectivity index (χ0n) is 15.9. The third-order valence-corrected chi connectivity index (χ3v) is 5.20. The van der Waals surface area contributed by atoms with Crippen LogP contribution < -0.4 is 14.8 Å². The van der Waals surface area contributed by atoms with Crippen molar-refractivity contribution in [1.29, 1.82) is 0 Å². The summed E-state index contributed by atoms with van der Waals surface area (Å²) in [6, 6.07) is 8.71. The summed E-state index contributed by atoms with van der Waals surface area (Å²) in [7, 11) is 3.05. The van der Waals surface area contributed by atoms with Crippen molar-refractivity contribution in [1.82, 2.24) is 10.3 Å². The van der Waals surface area contributed by atoms with Crippen LogP contribution in [-0.2, 0) is 0 Å². The van der Waals surface area contributed by atoms with Crippen LogP contribution >= 0.6 is 0 Å². The highest BCUT2D eigenvalue weighted by Crippen LogP contribution is 2.35. The van der Waals surface area contributed by atoms with Gasteiger partial charge in [-0.05, 0) is 44.0 Å². The molecule has 0 aliphatic heterocycles. The Bertz CT molecular complexity index is 857. The topological polar surface area (TPSA) is 77.5 Å². The number of hydrogen-bond donors (Lipinski definition) is 1. The molecule has 1 aromatic heterocycles. The fourth-order valence-electron chi connectivity index (χ4n) is 3.74. The van der Waals surface area contributed by atoms with E-state index in [9.17, 15) is 9.59 Å². The minimum absolute atomic E-state index is 0.154. The Morgan fingerprint density at radius 3 is 2.41 bits per heavy atom. The highest BCUT2D eigenvalue weighted by atomic mass is 16.5. The summed E-state index contributed by atoms with van der Waals surface area (Å²) in [6.07, 6.45) is 4.53. The maximum atomic E-state index is 13.4. The predicted octanol–water partition coefficient (Wildman–Crippen LogP) is 3.33. The van der Waals surface area contributed by atoms with Crippen molar-refractivity contribution < 1.29 is 19.1 Å². The first-order valence-corrected chi connectivity index (χ1v) is 9.02. The van der Waals surface area contributed by atoms with E-state index < -0.39 is 5.54 Å². The van der Waals surface area contributed by atoms with Crippen molar-refractivity contribution in [3.8, 4) is 11.6 Å². The molecular weight excluding hydrogens is 344 g/mol. The van der Waals surface area contributed by atoms with Gasteiger partial charge in [0, 0.05) is 17.3 Å². The second kappa shape index (κ2) is 7.78. The second-order valence-corrected chi connectivity index (χ2v) is 6.77. The van der Waals surface area contributed by atoms with Crippen molar-refractivity contribution in [3.63, 3.8) is 0 Å². The van der Waals surface area contributed by atoms with Gasteiger partial charge in [-0.15, -0.1) is 0 Å². The average molecular weight is 368 g/mol. The number of ketones is 1. The lowest BCUT2D eigenvalue weighted by Crippen LogP contribution is -2.52. The van der Waals surface area contributed by atoms with Crippen LogP contribution in [0.25, 0.3) is 0 Å². The van der Waals surface area contributed by atoms with Gasteiger partial charge in [-0.25, -0.2) is 4.98 Å². The van der Waals surface area contributed by atoms with E-state index in [0.29, 0.717) is 29.7 Å². The standard InChI is InChI=1S/C21H24N2O4/c1-14-15(8-6-10-17(14)26-2)19(25)23-21(11-4-5-12-21)18(24)16-9-7-13-22-20(16)27-3/h6-10,13H,4-5,11-12H2,1-3H3,(H,23,25). The van der Waals surface area contributed by atoms with Gasteiger partial charge in [0.15, 0.2) is 5.78 Å². The van der Waals surface area contributed by atoms with Crippen LogP contribution in [0.1, 0.15) is 52.0 Å². The van der Waals surface area contributed by atoms with Crippen LogP contribution in [0.2, 0.25) is 0 Å². The predicted molar refractivity (Wildman–Crippen MR) is 102 cm³/mol. The molecule has 1 amide bonds. The lowest BCUT2D eigenvalue weighted by atomic mass is 9.87. The molecule has 1 heterocycles. The van der Waals surface area contributed by atoms with E-state index in [4.69, 9.17) is 9.47 Å².